The number of nitrogens with zero attached hydrogens (tertiary/aromatic N) is 3. The highest BCUT2D eigenvalue weighted by molar-refractivity contribution is 5.97. The predicted molar refractivity (Wildman–Crippen MR) is 61.9 cm³/mol. The molecule has 0 unspecified atom stereocenters. The Kier molecular flexibility index (Phi) is 4.38. The van der Waals surface area contributed by atoms with E-state index in [1.54, 1.807) is 13.0 Å². The zero-order valence-corrected chi connectivity index (χ0v) is 9.77. The van der Waals surface area contributed by atoms with Crippen molar-refractivity contribution in [1.29, 1.82) is 0 Å². The first-order valence-electron chi connectivity index (χ1n) is 5.16. The number of amides is 1. The molecule has 7 heteroatoms. The minimum absolute atomic E-state index is 0.0140. The van der Waals surface area contributed by atoms with Crippen LogP contribution in [0.2, 0.25) is 0 Å². The van der Waals surface area contributed by atoms with E-state index in [4.69, 9.17) is 10.9 Å². The molecule has 0 aromatic carbocycles. The van der Waals surface area contributed by atoms with E-state index < -0.39 is 0 Å². The number of nitrogens with one attached hydrogen (secondary N) is 1. The molecule has 0 fully saturated rings. The number of amidine groups is 1. The van der Waals surface area contributed by atoms with Crippen LogP contribution in [-0.4, -0.2) is 33.7 Å². The van der Waals surface area contributed by atoms with Gasteiger partial charge in [0.25, 0.3) is 5.91 Å². The molecule has 0 atom stereocenters. The van der Waals surface area contributed by atoms with Crippen LogP contribution in [0, 0.1) is 6.92 Å². The maximum atomic E-state index is 11.8. The van der Waals surface area contributed by atoms with E-state index in [9.17, 15) is 4.79 Å². The van der Waals surface area contributed by atoms with Crippen LogP contribution < -0.4 is 11.1 Å². The van der Waals surface area contributed by atoms with Crippen molar-refractivity contribution in [2.45, 2.75) is 20.3 Å². The van der Waals surface area contributed by atoms with Gasteiger partial charge in [-0.2, -0.15) is 10.2 Å². The lowest BCUT2D eigenvalue weighted by atomic mass is 10.1. The van der Waals surface area contributed by atoms with Gasteiger partial charge in [0.1, 0.15) is 0 Å². The Morgan fingerprint density at radius 2 is 2.29 bits per heavy atom. The summed E-state index contributed by atoms with van der Waals surface area (Å²) in [5.41, 5.74) is 7.00. The van der Waals surface area contributed by atoms with Crippen molar-refractivity contribution < 1.29 is 10.0 Å². The fourth-order valence-corrected chi connectivity index (χ4v) is 1.27. The fraction of sp³-hybridized carbons (Fsp3) is 0.400. The van der Waals surface area contributed by atoms with Crippen LogP contribution in [0.3, 0.4) is 0 Å². The van der Waals surface area contributed by atoms with E-state index in [2.05, 4.69) is 20.7 Å². The molecule has 0 aliphatic rings. The molecule has 1 aromatic heterocycles. The lowest BCUT2D eigenvalue weighted by Gasteiger charge is -2.07. The Morgan fingerprint density at radius 3 is 2.88 bits per heavy atom. The summed E-state index contributed by atoms with van der Waals surface area (Å²) < 4.78 is 0. The van der Waals surface area contributed by atoms with Gasteiger partial charge in [-0.1, -0.05) is 12.1 Å². The summed E-state index contributed by atoms with van der Waals surface area (Å²) in [5, 5.41) is 21.5. The number of nitrogens with two attached hydrogens (primary N) is 1. The van der Waals surface area contributed by atoms with Crippen LogP contribution in [0.5, 0.6) is 0 Å². The topological polar surface area (TPSA) is 113 Å². The molecule has 4 N–H and O–H groups in total. The molecule has 1 amide bonds. The average molecular weight is 237 g/mol. The highest BCUT2D eigenvalue weighted by atomic mass is 16.4. The Labute approximate surface area is 98.7 Å². The number of carbonyl (C=O) groups excluding carboxylic acids is 1. The average Bonchev–Trinajstić information content (AvgIpc) is 2.35. The van der Waals surface area contributed by atoms with E-state index in [-0.39, 0.29) is 18.3 Å². The quantitative estimate of drug-likeness (QED) is 0.291. The number of oxime groups is 1. The molecule has 17 heavy (non-hydrogen) atoms. The third-order valence-electron chi connectivity index (χ3n) is 2.13. The molecular formula is C10H15N5O2. The maximum Gasteiger partial charge on any atom is 0.253 e. The summed E-state index contributed by atoms with van der Waals surface area (Å²) >= 11 is 0. The van der Waals surface area contributed by atoms with Gasteiger partial charge in [0.05, 0.1) is 23.5 Å². The molecule has 0 aliphatic heterocycles. The Hall–Kier alpha value is -2.18. The second-order valence-electron chi connectivity index (χ2n) is 3.47. The normalized spacial score (nSPS) is 11.3. The predicted octanol–water partition coefficient (Wildman–Crippen LogP) is -0.176. The first-order chi connectivity index (χ1) is 8.08. The summed E-state index contributed by atoms with van der Waals surface area (Å²) in [4.78, 5) is 11.8. The largest absolute Gasteiger partial charge is 0.409 e. The molecule has 7 nitrogen and oxygen atoms in total. The number of aromatic nitrogens is 2. The van der Waals surface area contributed by atoms with Crippen LogP contribution in [0.1, 0.15) is 28.7 Å². The highest BCUT2D eigenvalue weighted by Gasteiger charge is 2.12. The molecule has 1 rings (SSSR count). The molecule has 92 valence electrons. The zero-order valence-electron chi connectivity index (χ0n) is 9.77. The Bertz CT molecular complexity index is 444. The van der Waals surface area contributed by atoms with E-state index in [0.717, 1.165) is 0 Å². The lowest BCUT2D eigenvalue weighted by molar-refractivity contribution is 0.0957. The molecule has 1 aromatic rings. The summed E-state index contributed by atoms with van der Waals surface area (Å²) in [6.45, 7) is 3.63. The van der Waals surface area contributed by atoms with E-state index in [0.29, 0.717) is 23.4 Å². The van der Waals surface area contributed by atoms with Gasteiger partial charge in [0.2, 0.25) is 0 Å². The molecule has 0 aliphatic carbocycles. The van der Waals surface area contributed by atoms with E-state index in [1.807, 2.05) is 6.92 Å². The van der Waals surface area contributed by atoms with Crippen LogP contribution in [0.15, 0.2) is 11.2 Å². The van der Waals surface area contributed by atoms with Gasteiger partial charge in [0, 0.05) is 0 Å². The number of aryl methyl sites for hydroxylation is 2. The number of carbonyl (C=O) groups is 1. The van der Waals surface area contributed by atoms with Crippen molar-refractivity contribution in [3.05, 3.63) is 23.0 Å². The smallest absolute Gasteiger partial charge is 0.253 e. The minimum atomic E-state index is -0.313. The van der Waals surface area contributed by atoms with Crippen molar-refractivity contribution >= 4 is 11.7 Å². The molecule has 0 bridgehead atoms. The molecular weight excluding hydrogens is 222 g/mol. The van der Waals surface area contributed by atoms with Gasteiger partial charge in [-0.05, 0) is 19.4 Å². The Morgan fingerprint density at radius 1 is 1.59 bits per heavy atom. The van der Waals surface area contributed by atoms with Crippen LogP contribution in [0.4, 0.5) is 0 Å². The van der Waals surface area contributed by atoms with Gasteiger partial charge in [-0.15, -0.1) is 0 Å². The monoisotopic (exact) mass is 237 g/mol. The maximum absolute atomic E-state index is 11.8. The summed E-state index contributed by atoms with van der Waals surface area (Å²) in [6.07, 6.45) is 0.611. The van der Waals surface area contributed by atoms with Crippen LogP contribution in [-0.2, 0) is 6.42 Å². The SMILES string of the molecule is CCc1nnc(C)cc1C(=O)NCC(N)=NO. The number of rotatable bonds is 4. The van der Waals surface area contributed by atoms with Crippen molar-refractivity contribution in [2.24, 2.45) is 10.9 Å². The standard InChI is InChI=1S/C10H15N5O2/c1-3-8-7(4-6(2)13-14-8)10(16)12-5-9(11)15-17/h4,17H,3,5H2,1-2H3,(H2,11,15)(H,12,16). The van der Waals surface area contributed by atoms with Crippen molar-refractivity contribution in [2.75, 3.05) is 6.54 Å². The lowest BCUT2D eigenvalue weighted by Crippen LogP contribution is -2.34. The first-order valence-corrected chi connectivity index (χ1v) is 5.16. The molecule has 0 spiro atoms. The third-order valence-corrected chi connectivity index (χ3v) is 2.13. The number of hydrogen-bond acceptors (Lipinski definition) is 5. The summed E-state index contributed by atoms with van der Waals surface area (Å²) in [6, 6.07) is 1.66. The van der Waals surface area contributed by atoms with Gasteiger partial charge in [-0.25, -0.2) is 0 Å². The van der Waals surface area contributed by atoms with Crippen molar-refractivity contribution in [3.63, 3.8) is 0 Å². The minimum Gasteiger partial charge on any atom is -0.409 e. The van der Waals surface area contributed by atoms with Crippen molar-refractivity contribution in [1.82, 2.24) is 15.5 Å². The van der Waals surface area contributed by atoms with E-state index in [1.165, 1.54) is 0 Å². The summed E-state index contributed by atoms with van der Waals surface area (Å²) in [5.74, 6) is -0.374. The highest BCUT2D eigenvalue weighted by Crippen LogP contribution is 2.07. The molecule has 1 heterocycles. The first kappa shape index (κ1) is 12.9. The third kappa shape index (κ3) is 3.40. The van der Waals surface area contributed by atoms with Crippen molar-refractivity contribution in [3.8, 4) is 0 Å². The molecule has 0 saturated heterocycles. The van der Waals surface area contributed by atoms with E-state index >= 15 is 0 Å². The second-order valence-corrected chi connectivity index (χ2v) is 3.47. The fourth-order valence-electron chi connectivity index (χ4n) is 1.27. The second kappa shape index (κ2) is 5.78. The number of hydrogen-bond donors (Lipinski definition) is 3. The molecule has 0 radical (unpaired) electrons. The molecule has 0 saturated carbocycles. The van der Waals surface area contributed by atoms with Gasteiger partial charge >= 0.3 is 0 Å². The van der Waals surface area contributed by atoms with Crippen LogP contribution >= 0.6 is 0 Å². The van der Waals surface area contributed by atoms with Gasteiger partial charge in [0.15, 0.2) is 5.84 Å². The zero-order chi connectivity index (χ0) is 12.8. The van der Waals surface area contributed by atoms with Crippen LogP contribution in [0.25, 0.3) is 0 Å². The van der Waals surface area contributed by atoms with Gasteiger partial charge in [-0.3, -0.25) is 4.79 Å². The Balaban J connectivity index is 2.84. The summed E-state index contributed by atoms with van der Waals surface area (Å²) in [7, 11) is 0. The van der Waals surface area contributed by atoms with Gasteiger partial charge < -0.3 is 16.3 Å².